The molecule has 1 aliphatic heterocycles. The summed E-state index contributed by atoms with van der Waals surface area (Å²) in [4.78, 5) is 18.5. The second-order valence-electron chi connectivity index (χ2n) is 7.54. The van der Waals surface area contributed by atoms with Crippen LogP contribution in [0.5, 0.6) is 0 Å². The van der Waals surface area contributed by atoms with E-state index in [-0.39, 0.29) is 23.6 Å². The van der Waals surface area contributed by atoms with E-state index in [0.717, 1.165) is 18.0 Å². The Morgan fingerprint density at radius 3 is 2.72 bits per heavy atom. The summed E-state index contributed by atoms with van der Waals surface area (Å²) in [7, 11) is 0. The minimum Gasteiger partial charge on any atom is -0.353 e. The summed E-state index contributed by atoms with van der Waals surface area (Å²) in [5, 5.41) is 10.7. The van der Waals surface area contributed by atoms with E-state index >= 15 is 0 Å². The molecule has 4 aromatic heterocycles. The number of imidazole rings is 1. The van der Waals surface area contributed by atoms with Gasteiger partial charge in [0.25, 0.3) is 0 Å². The summed E-state index contributed by atoms with van der Waals surface area (Å²) in [6.45, 7) is 3.30. The summed E-state index contributed by atoms with van der Waals surface area (Å²) in [6.07, 6.45) is 2.11. The molecule has 5 heterocycles. The maximum atomic E-state index is 13.1. The third kappa shape index (κ3) is 3.75. The highest BCUT2D eigenvalue weighted by atomic mass is 35.5. The molecule has 0 bridgehead atoms. The van der Waals surface area contributed by atoms with E-state index in [9.17, 15) is 13.2 Å². The van der Waals surface area contributed by atoms with Crippen LogP contribution < -0.4 is 10.2 Å². The topological polar surface area (TPSA) is 99.9 Å². The Morgan fingerprint density at radius 2 is 1.97 bits per heavy atom. The van der Waals surface area contributed by atoms with Crippen LogP contribution in [0.2, 0.25) is 5.15 Å². The predicted octanol–water partition coefficient (Wildman–Crippen LogP) is 3.12. The number of rotatable bonds is 3. The standard InChI is InChI=1S/C19H17ClF3N9/c1-10-7-31(8-12(28-10)11-4-27-30-17(11)20)15-2-3-24-18(29-15)13-5-26-16-6-25-14(9-32(13)16)19(21,22)23/h2-6,9-10,12,28H,7-8H2,1H3,(H,27,30). The van der Waals surface area contributed by atoms with E-state index in [0.29, 0.717) is 29.8 Å². The lowest BCUT2D eigenvalue weighted by Crippen LogP contribution is -2.51. The smallest absolute Gasteiger partial charge is 0.353 e. The lowest BCUT2D eigenvalue weighted by molar-refractivity contribution is -0.141. The van der Waals surface area contributed by atoms with Crippen LogP contribution >= 0.6 is 11.6 Å². The van der Waals surface area contributed by atoms with Gasteiger partial charge in [-0.2, -0.15) is 18.3 Å². The number of piperazine rings is 1. The number of aromatic amines is 1. The molecule has 1 saturated heterocycles. The molecule has 0 radical (unpaired) electrons. The zero-order chi connectivity index (χ0) is 22.5. The Balaban J connectivity index is 1.49. The van der Waals surface area contributed by atoms with E-state index in [2.05, 4.69) is 40.3 Å². The largest absolute Gasteiger partial charge is 0.434 e. The fourth-order valence-electron chi connectivity index (χ4n) is 3.82. The Morgan fingerprint density at radius 1 is 1.12 bits per heavy atom. The first-order valence-electron chi connectivity index (χ1n) is 9.73. The van der Waals surface area contributed by atoms with Gasteiger partial charge in [0.15, 0.2) is 17.2 Å². The van der Waals surface area contributed by atoms with Gasteiger partial charge >= 0.3 is 6.18 Å². The molecule has 2 unspecified atom stereocenters. The van der Waals surface area contributed by atoms with Gasteiger partial charge in [0, 0.05) is 37.1 Å². The van der Waals surface area contributed by atoms with E-state index in [1.165, 1.54) is 10.6 Å². The molecule has 0 aliphatic carbocycles. The van der Waals surface area contributed by atoms with Crippen molar-refractivity contribution < 1.29 is 13.2 Å². The van der Waals surface area contributed by atoms with Crippen LogP contribution in [-0.4, -0.2) is 53.7 Å². The van der Waals surface area contributed by atoms with Gasteiger partial charge < -0.3 is 10.2 Å². The van der Waals surface area contributed by atoms with Crippen molar-refractivity contribution in [3.8, 4) is 11.5 Å². The molecule has 5 rings (SSSR count). The number of nitrogens with one attached hydrogen (secondary N) is 2. The maximum absolute atomic E-state index is 13.1. The summed E-state index contributed by atoms with van der Waals surface area (Å²) in [5.41, 5.74) is 0.447. The number of anilines is 1. The van der Waals surface area contributed by atoms with Crippen molar-refractivity contribution >= 4 is 23.1 Å². The molecule has 0 amide bonds. The molecule has 166 valence electrons. The summed E-state index contributed by atoms with van der Waals surface area (Å²) in [5.74, 6) is 0.909. The van der Waals surface area contributed by atoms with Crippen molar-refractivity contribution in [1.29, 1.82) is 0 Å². The van der Waals surface area contributed by atoms with E-state index in [1.54, 1.807) is 18.5 Å². The van der Waals surface area contributed by atoms with E-state index < -0.39 is 11.9 Å². The van der Waals surface area contributed by atoms with Crippen LogP contribution in [-0.2, 0) is 6.18 Å². The molecule has 2 atom stereocenters. The highest BCUT2D eigenvalue weighted by Crippen LogP contribution is 2.30. The minimum atomic E-state index is -4.57. The molecule has 4 aromatic rings. The Labute approximate surface area is 184 Å². The zero-order valence-corrected chi connectivity index (χ0v) is 17.4. The molecule has 1 aliphatic rings. The predicted molar refractivity (Wildman–Crippen MR) is 110 cm³/mol. The number of fused-ring (bicyclic) bond motifs is 1. The monoisotopic (exact) mass is 463 g/mol. The number of hydrogen-bond donors (Lipinski definition) is 2. The molecule has 32 heavy (non-hydrogen) atoms. The third-order valence-corrected chi connectivity index (χ3v) is 5.56. The van der Waals surface area contributed by atoms with Crippen LogP contribution in [0.4, 0.5) is 19.0 Å². The van der Waals surface area contributed by atoms with Crippen molar-refractivity contribution in [2.75, 3.05) is 18.0 Å². The number of alkyl halides is 3. The number of aromatic nitrogens is 7. The molecular weight excluding hydrogens is 447 g/mol. The van der Waals surface area contributed by atoms with Gasteiger partial charge in [0.05, 0.1) is 24.6 Å². The number of nitrogens with zero attached hydrogens (tertiary/aromatic N) is 7. The number of H-pyrrole nitrogens is 1. The third-order valence-electron chi connectivity index (χ3n) is 5.26. The number of halogens is 4. The minimum absolute atomic E-state index is 0.0698. The Bertz CT molecular complexity index is 1270. The average Bonchev–Trinajstić information content (AvgIpc) is 3.38. The molecule has 9 nitrogen and oxygen atoms in total. The van der Waals surface area contributed by atoms with Crippen LogP contribution in [0, 0.1) is 0 Å². The molecule has 2 N–H and O–H groups in total. The van der Waals surface area contributed by atoms with Crippen LogP contribution in [0.15, 0.2) is 37.1 Å². The lowest BCUT2D eigenvalue weighted by atomic mass is 10.1. The Hall–Kier alpha value is -3.25. The van der Waals surface area contributed by atoms with Crippen molar-refractivity contribution in [2.24, 2.45) is 0 Å². The van der Waals surface area contributed by atoms with Gasteiger partial charge in [-0.3, -0.25) is 9.50 Å². The van der Waals surface area contributed by atoms with Gasteiger partial charge in [-0.05, 0) is 13.0 Å². The fourth-order valence-corrected chi connectivity index (χ4v) is 4.05. The molecule has 1 fully saturated rings. The van der Waals surface area contributed by atoms with Crippen LogP contribution in [0.3, 0.4) is 0 Å². The fraction of sp³-hybridized carbons (Fsp3) is 0.316. The molecule has 13 heteroatoms. The first-order chi connectivity index (χ1) is 15.3. The number of hydrogen-bond acceptors (Lipinski definition) is 7. The average molecular weight is 464 g/mol. The first kappa shape index (κ1) is 20.6. The molecular formula is C19H17ClF3N9. The molecule has 0 aromatic carbocycles. The second-order valence-corrected chi connectivity index (χ2v) is 7.92. The Kier molecular flexibility index (Phi) is 4.97. The summed E-state index contributed by atoms with van der Waals surface area (Å²) >= 11 is 6.21. The van der Waals surface area contributed by atoms with Gasteiger partial charge in [0.1, 0.15) is 16.7 Å². The first-order valence-corrected chi connectivity index (χ1v) is 10.1. The van der Waals surface area contributed by atoms with Crippen molar-refractivity contribution in [2.45, 2.75) is 25.2 Å². The zero-order valence-electron chi connectivity index (χ0n) is 16.7. The van der Waals surface area contributed by atoms with Crippen LogP contribution in [0.1, 0.15) is 24.2 Å². The maximum Gasteiger partial charge on any atom is 0.434 e. The van der Waals surface area contributed by atoms with Crippen molar-refractivity contribution in [3.05, 3.63) is 53.5 Å². The van der Waals surface area contributed by atoms with Gasteiger partial charge in [0.2, 0.25) is 0 Å². The van der Waals surface area contributed by atoms with E-state index in [1.807, 2.05) is 6.92 Å². The lowest BCUT2D eigenvalue weighted by Gasteiger charge is -2.38. The van der Waals surface area contributed by atoms with Gasteiger partial charge in [-0.15, -0.1) is 0 Å². The van der Waals surface area contributed by atoms with E-state index in [4.69, 9.17) is 11.6 Å². The van der Waals surface area contributed by atoms with Crippen molar-refractivity contribution in [3.63, 3.8) is 0 Å². The van der Waals surface area contributed by atoms with Crippen LogP contribution in [0.25, 0.3) is 17.2 Å². The molecule has 0 spiro atoms. The van der Waals surface area contributed by atoms with Gasteiger partial charge in [-0.1, -0.05) is 11.6 Å². The van der Waals surface area contributed by atoms with Gasteiger partial charge in [-0.25, -0.2) is 19.9 Å². The summed E-state index contributed by atoms with van der Waals surface area (Å²) < 4.78 is 40.7. The summed E-state index contributed by atoms with van der Waals surface area (Å²) in [6, 6.07) is 1.83. The second kappa shape index (κ2) is 7.71. The van der Waals surface area contributed by atoms with Crippen molar-refractivity contribution in [1.82, 2.24) is 39.9 Å². The quantitative estimate of drug-likeness (QED) is 0.481. The SMILES string of the molecule is CC1CN(c2ccnc(-c3cnc4cnc(C(F)(F)F)cn34)n2)CC(c2cn[nH]c2Cl)N1. The highest BCUT2D eigenvalue weighted by molar-refractivity contribution is 6.30. The normalized spacial score (nSPS) is 19.6. The molecule has 0 saturated carbocycles. The highest BCUT2D eigenvalue weighted by Gasteiger charge is 2.33.